The van der Waals surface area contributed by atoms with Gasteiger partial charge in [0, 0.05) is 35.8 Å². The molecule has 0 amide bonds. The van der Waals surface area contributed by atoms with Crippen molar-refractivity contribution in [3.8, 4) is 5.75 Å². The van der Waals surface area contributed by atoms with Crippen molar-refractivity contribution >= 4 is 28.9 Å². The van der Waals surface area contributed by atoms with Crippen molar-refractivity contribution in [3.05, 3.63) is 80.4 Å². The van der Waals surface area contributed by atoms with E-state index < -0.39 is 52.4 Å². The second kappa shape index (κ2) is 10.7. The molecule has 44 heavy (non-hydrogen) atoms. The number of carbonyl (C=O) groups is 4. The standard InChI is InChI=1S/C37H42O7/c1-17-9-10-21(25(13-17)36(5,6)7)15-23(39)16-22-11-12-24-19(3)28-30(33(42)29(24)31(22)40)35(44)37(8)26(32(28)41)14-18(2)27(20(4)38)34(37)43/h9-13,19,26,28,32,40-42H,14-16H2,1-8H3. The van der Waals surface area contributed by atoms with Gasteiger partial charge in [0.2, 0.25) is 0 Å². The van der Waals surface area contributed by atoms with Crippen LogP contribution in [0.15, 0.2) is 47.1 Å². The molecule has 0 saturated heterocycles. The first-order chi connectivity index (χ1) is 20.4. The summed E-state index contributed by atoms with van der Waals surface area (Å²) in [6.07, 6.45) is -0.858. The first kappa shape index (κ1) is 31.6. The number of benzene rings is 2. The Labute approximate surface area is 258 Å². The minimum Gasteiger partial charge on any atom is -0.507 e. The van der Waals surface area contributed by atoms with Crippen LogP contribution in [0.25, 0.3) is 5.76 Å². The summed E-state index contributed by atoms with van der Waals surface area (Å²) in [6, 6.07) is 9.43. The van der Waals surface area contributed by atoms with E-state index in [0.717, 1.165) is 16.7 Å². The average molecular weight is 599 g/mol. The van der Waals surface area contributed by atoms with Gasteiger partial charge in [-0.1, -0.05) is 69.2 Å². The topological polar surface area (TPSA) is 129 Å². The van der Waals surface area contributed by atoms with E-state index in [-0.39, 0.29) is 52.9 Å². The molecule has 0 radical (unpaired) electrons. The third kappa shape index (κ3) is 4.68. The first-order valence-corrected chi connectivity index (χ1v) is 15.3. The Morgan fingerprint density at radius 1 is 0.977 bits per heavy atom. The molecule has 0 bridgehead atoms. The number of allylic oxidation sites excluding steroid dienone is 2. The maximum Gasteiger partial charge on any atom is 0.180 e. The molecule has 0 aliphatic heterocycles. The normalized spacial score (nSPS) is 26.8. The van der Waals surface area contributed by atoms with Crippen molar-refractivity contribution in [3.63, 3.8) is 0 Å². The number of aryl methyl sites for hydroxylation is 1. The highest BCUT2D eigenvalue weighted by molar-refractivity contribution is 6.31. The van der Waals surface area contributed by atoms with Crippen molar-refractivity contribution in [1.29, 1.82) is 0 Å². The van der Waals surface area contributed by atoms with Crippen LogP contribution in [0.3, 0.4) is 0 Å². The van der Waals surface area contributed by atoms with Gasteiger partial charge in [-0.2, -0.15) is 0 Å². The summed E-state index contributed by atoms with van der Waals surface area (Å²) < 4.78 is 0. The van der Waals surface area contributed by atoms with E-state index in [1.54, 1.807) is 19.1 Å². The van der Waals surface area contributed by atoms with Crippen molar-refractivity contribution in [1.82, 2.24) is 0 Å². The molecule has 1 fully saturated rings. The quantitative estimate of drug-likeness (QED) is 0.293. The molecule has 0 heterocycles. The minimum atomic E-state index is -1.74. The minimum absolute atomic E-state index is 0.0288. The molecule has 0 spiro atoms. The summed E-state index contributed by atoms with van der Waals surface area (Å²) in [6.45, 7) is 14.5. The number of aromatic hydroxyl groups is 1. The number of rotatable bonds is 5. The molecule has 5 rings (SSSR count). The molecule has 5 atom stereocenters. The van der Waals surface area contributed by atoms with Crippen LogP contribution in [-0.4, -0.2) is 44.6 Å². The monoisotopic (exact) mass is 598 g/mol. The number of hydrogen-bond acceptors (Lipinski definition) is 7. The van der Waals surface area contributed by atoms with Crippen LogP contribution >= 0.6 is 0 Å². The molecular weight excluding hydrogens is 556 g/mol. The molecule has 7 nitrogen and oxygen atoms in total. The lowest BCUT2D eigenvalue weighted by Gasteiger charge is -2.51. The van der Waals surface area contributed by atoms with Crippen LogP contribution < -0.4 is 0 Å². The number of hydrogen-bond donors (Lipinski definition) is 3. The number of aliphatic hydroxyl groups excluding tert-OH is 2. The Morgan fingerprint density at radius 3 is 2.20 bits per heavy atom. The van der Waals surface area contributed by atoms with Crippen LogP contribution in [0, 0.1) is 24.2 Å². The third-order valence-electron chi connectivity index (χ3n) is 10.2. The number of phenolic OH excluding ortho intramolecular Hbond substituents is 1. The van der Waals surface area contributed by atoms with E-state index in [4.69, 9.17) is 0 Å². The number of fused-ring (bicyclic) bond motifs is 3. The van der Waals surface area contributed by atoms with Crippen molar-refractivity contribution in [2.75, 3.05) is 0 Å². The Morgan fingerprint density at radius 2 is 1.59 bits per heavy atom. The smallest absolute Gasteiger partial charge is 0.180 e. The van der Waals surface area contributed by atoms with Gasteiger partial charge in [-0.05, 0) is 62.1 Å². The van der Waals surface area contributed by atoms with Gasteiger partial charge in [-0.15, -0.1) is 0 Å². The highest BCUT2D eigenvalue weighted by atomic mass is 16.3. The molecule has 2 aromatic carbocycles. The number of aliphatic hydroxyl groups is 2. The predicted molar refractivity (Wildman–Crippen MR) is 167 cm³/mol. The second-order valence-electron chi connectivity index (χ2n) is 14.3. The van der Waals surface area contributed by atoms with Gasteiger partial charge in [-0.3, -0.25) is 19.2 Å². The van der Waals surface area contributed by atoms with Gasteiger partial charge in [0.15, 0.2) is 17.3 Å². The SMILES string of the molecule is CC(=O)C1=C(C)CC2C(O)C3C(=C(O)c4c(ccc(CC(=O)Cc5ccc(C)cc5C(C)(C)C)c4O)C3C)C(=O)C2(C)C1=O. The number of ketones is 4. The molecular formula is C37H42O7. The molecule has 3 aliphatic carbocycles. The summed E-state index contributed by atoms with van der Waals surface area (Å²) in [4.78, 5) is 53.6. The van der Waals surface area contributed by atoms with Crippen molar-refractivity contribution in [2.45, 2.75) is 92.1 Å². The molecule has 7 heteroatoms. The van der Waals surface area contributed by atoms with Gasteiger partial charge < -0.3 is 15.3 Å². The van der Waals surface area contributed by atoms with Gasteiger partial charge in [0.25, 0.3) is 0 Å². The Bertz CT molecular complexity index is 1700. The lowest BCUT2D eigenvalue weighted by molar-refractivity contribution is -0.150. The molecule has 2 aromatic rings. The lowest BCUT2D eigenvalue weighted by Crippen LogP contribution is -2.60. The highest BCUT2D eigenvalue weighted by Crippen LogP contribution is 2.58. The van der Waals surface area contributed by atoms with Crippen molar-refractivity contribution in [2.24, 2.45) is 17.3 Å². The lowest BCUT2D eigenvalue weighted by atomic mass is 9.50. The summed E-state index contributed by atoms with van der Waals surface area (Å²) in [5.74, 6) is -4.68. The summed E-state index contributed by atoms with van der Waals surface area (Å²) in [5.41, 5.74) is 2.53. The zero-order chi connectivity index (χ0) is 32.6. The Kier molecular flexibility index (Phi) is 7.65. The fourth-order valence-corrected chi connectivity index (χ4v) is 7.89. The van der Waals surface area contributed by atoms with Gasteiger partial charge >= 0.3 is 0 Å². The molecule has 1 saturated carbocycles. The van der Waals surface area contributed by atoms with Crippen LogP contribution in [0.1, 0.15) is 94.2 Å². The number of phenols is 1. The van der Waals surface area contributed by atoms with Crippen molar-refractivity contribution < 1.29 is 34.5 Å². The summed E-state index contributed by atoms with van der Waals surface area (Å²) in [7, 11) is 0. The van der Waals surface area contributed by atoms with E-state index in [1.165, 1.54) is 13.8 Å². The van der Waals surface area contributed by atoms with E-state index in [0.29, 0.717) is 16.7 Å². The summed E-state index contributed by atoms with van der Waals surface area (Å²) >= 11 is 0. The number of carbonyl (C=O) groups excluding carboxylic acids is 4. The van der Waals surface area contributed by atoms with E-state index in [2.05, 4.69) is 26.8 Å². The Balaban J connectivity index is 1.54. The molecule has 232 valence electrons. The Hall–Kier alpha value is -3.84. The van der Waals surface area contributed by atoms with Gasteiger partial charge in [-0.25, -0.2) is 0 Å². The third-order valence-corrected chi connectivity index (χ3v) is 10.2. The van der Waals surface area contributed by atoms with Gasteiger partial charge in [0.1, 0.15) is 17.3 Å². The van der Waals surface area contributed by atoms with E-state index >= 15 is 0 Å². The zero-order valence-corrected chi connectivity index (χ0v) is 26.8. The van der Waals surface area contributed by atoms with Crippen LogP contribution in [0.5, 0.6) is 5.75 Å². The van der Waals surface area contributed by atoms with E-state index in [1.807, 2.05) is 26.0 Å². The molecule has 3 aliphatic rings. The molecule has 0 aromatic heterocycles. The summed E-state index contributed by atoms with van der Waals surface area (Å²) in [5, 5.41) is 34.8. The fourth-order valence-electron chi connectivity index (χ4n) is 7.89. The maximum absolute atomic E-state index is 14.2. The number of Topliss-reactive ketones (excluding diaryl/α,β-unsaturated/α-hetero) is 4. The fraction of sp³-hybridized carbons (Fsp3) is 0.459. The van der Waals surface area contributed by atoms with Crippen LogP contribution in [0.4, 0.5) is 0 Å². The first-order valence-electron chi connectivity index (χ1n) is 15.3. The van der Waals surface area contributed by atoms with Crippen LogP contribution in [0.2, 0.25) is 0 Å². The van der Waals surface area contributed by atoms with Crippen LogP contribution in [-0.2, 0) is 37.4 Å². The highest BCUT2D eigenvalue weighted by Gasteiger charge is 2.63. The largest absolute Gasteiger partial charge is 0.507 e. The average Bonchev–Trinajstić information content (AvgIpc) is 2.92. The maximum atomic E-state index is 14.2. The predicted octanol–water partition coefficient (Wildman–Crippen LogP) is 5.80. The molecule has 3 N–H and O–H groups in total. The molecule has 5 unspecified atom stereocenters. The van der Waals surface area contributed by atoms with Gasteiger partial charge in [0.05, 0.1) is 22.7 Å². The van der Waals surface area contributed by atoms with E-state index in [9.17, 15) is 34.5 Å². The zero-order valence-electron chi connectivity index (χ0n) is 26.8. The second-order valence-corrected chi connectivity index (χ2v) is 14.3.